The van der Waals surface area contributed by atoms with E-state index in [-0.39, 0.29) is 31.0 Å². The predicted octanol–water partition coefficient (Wildman–Crippen LogP) is -1.64. The summed E-state index contributed by atoms with van der Waals surface area (Å²) in [5.41, 5.74) is 5.59. The van der Waals surface area contributed by atoms with Crippen molar-refractivity contribution in [2.75, 3.05) is 13.2 Å². The Hall–Kier alpha value is -0.910. The normalized spacial score (nSPS) is 27.6. The molecular formula is C9H16N2O3. The SMILES string of the molecule is NC1C=CC(C(=O)NCC(O)CO)C1. The predicted molar refractivity (Wildman–Crippen MR) is 51.3 cm³/mol. The van der Waals surface area contributed by atoms with Crippen LogP contribution in [0.2, 0.25) is 0 Å². The molecule has 3 unspecified atom stereocenters. The van der Waals surface area contributed by atoms with Crippen molar-refractivity contribution >= 4 is 5.91 Å². The van der Waals surface area contributed by atoms with Crippen molar-refractivity contribution in [3.63, 3.8) is 0 Å². The molecular weight excluding hydrogens is 184 g/mol. The van der Waals surface area contributed by atoms with Crippen LogP contribution in [0.5, 0.6) is 0 Å². The van der Waals surface area contributed by atoms with Crippen LogP contribution in [-0.2, 0) is 4.79 Å². The molecule has 80 valence electrons. The molecule has 1 rings (SSSR count). The van der Waals surface area contributed by atoms with Crippen molar-refractivity contribution in [3.05, 3.63) is 12.2 Å². The Morgan fingerprint density at radius 1 is 1.64 bits per heavy atom. The molecule has 0 fully saturated rings. The Morgan fingerprint density at radius 2 is 2.36 bits per heavy atom. The molecule has 0 saturated carbocycles. The van der Waals surface area contributed by atoms with Gasteiger partial charge in [0.05, 0.1) is 18.6 Å². The van der Waals surface area contributed by atoms with Gasteiger partial charge in [0.15, 0.2) is 0 Å². The topological polar surface area (TPSA) is 95.6 Å². The highest BCUT2D eigenvalue weighted by Gasteiger charge is 2.22. The van der Waals surface area contributed by atoms with Gasteiger partial charge in [-0.1, -0.05) is 12.2 Å². The average Bonchev–Trinajstić information content (AvgIpc) is 2.60. The van der Waals surface area contributed by atoms with E-state index in [1.165, 1.54) is 0 Å². The molecule has 1 aliphatic rings. The molecule has 0 aromatic rings. The van der Waals surface area contributed by atoms with E-state index in [0.29, 0.717) is 6.42 Å². The number of aliphatic hydroxyl groups is 2. The van der Waals surface area contributed by atoms with Crippen molar-refractivity contribution in [1.29, 1.82) is 0 Å². The van der Waals surface area contributed by atoms with Crippen LogP contribution in [-0.4, -0.2) is 41.4 Å². The number of carbonyl (C=O) groups excluding carboxylic acids is 1. The summed E-state index contributed by atoms with van der Waals surface area (Å²) in [4.78, 5) is 11.4. The smallest absolute Gasteiger partial charge is 0.227 e. The van der Waals surface area contributed by atoms with Gasteiger partial charge in [0, 0.05) is 12.6 Å². The molecule has 3 atom stereocenters. The zero-order chi connectivity index (χ0) is 10.6. The number of rotatable bonds is 4. The summed E-state index contributed by atoms with van der Waals surface area (Å²) in [6, 6.07) is -0.0477. The third-order valence-electron chi connectivity index (χ3n) is 2.18. The molecule has 0 heterocycles. The molecule has 0 aromatic heterocycles. The highest BCUT2D eigenvalue weighted by Crippen LogP contribution is 2.15. The van der Waals surface area contributed by atoms with Gasteiger partial charge in [-0.2, -0.15) is 0 Å². The lowest BCUT2D eigenvalue weighted by molar-refractivity contribution is -0.124. The molecule has 1 aliphatic carbocycles. The monoisotopic (exact) mass is 200 g/mol. The molecule has 1 amide bonds. The summed E-state index contributed by atoms with van der Waals surface area (Å²) < 4.78 is 0. The van der Waals surface area contributed by atoms with E-state index >= 15 is 0 Å². The molecule has 5 nitrogen and oxygen atoms in total. The van der Waals surface area contributed by atoms with Gasteiger partial charge >= 0.3 is 0 Å². The van der Waals surface area contributed by atoms with E-state index in [1.54, 1.807) is 12.2 Å². The van der Waals surface area contributed by atoms with Crippen LogP contribution >= 0.6 is 0 Å². The van der Waals surface area contributed by atoms with Gasteiger partial charge in [0.1, 0.15) is 0 Å². The lowest BCUT2D eigenvalue weighted by atomic mass is 10.1. The van der Waals surface area contributed by atoms with Crippen molar-refractivity contribution in [2.45, 2.75) is 18.6 Å². The highest BCUT2D eigenvalue weighted by molar-refractivity contribution is 5.81. The second-order valence-electron chi connectivity index (χ2n) is 3.47. The highest BCUT2D eigenvalue weighted by atomic mass is 16.3. The fraction of sp³-hybridized carbons (Fsp3) is 0.667. The van der Waals surface area contributed by atoms with Crippen molar-refractivity contribution in [3.8, 4) is 0 Å². The zero-order valence-electron chi connectivity index (χ0n) is 7.89. The molecule has 5 heteroatoms. The van der Waals surface area contributed by atoms with Gasteiger partial charge in [0.25, 0.3) is 0 Å². The zero-order valence-corrected chi connectivity index (χ0v) is 7.89. The first kappa shape index (κ1) is 11.2. The molecule has 0 bridgehead atoms. The minimum atomic E-state index is -0.891. The minimum Gasteiger partial charge on any atom is -0.394 e. The average molecular weight is 200 g/mol. The number of carbonyl (C=O) groups is 1. The van der Waals surface area contributed by atoms with Crippen LogP contribution < -0.4 is 11.1 Å². The fourth-order valence-corrected chi connectivity index (χ4v) is 1.34. The maximum Gasteiger partial charge on any atom is 0.227 e. The van der Waals surface area contributed by atoms with Crippen LogP contribution in [0.4, 0.5) is 0 Å². The first-order chi connectivity index (χ1) is 6.63. The lowest BCUT2D eigenvalue weighted by Gasteiger charge is -2.12. The van der Waals surface area contributed by atoms with Crippen LogP contribution in [0.25, 0.3) is 0 Å². The third kappa shape index (κ3) is 3.10. The molecule has 0 saturated heterocycles. The summed E-state index contributed by atoms with van der Waals surface area (Å²) in [5.74, 6) is -0.349. The van der Waals surface area contributed by atoms with Gasteiger partial charge in [-0.3, -0.25) is 4.79 Å². The first-order valence-electron chi connectivity index (χ1n) is 4.64. The Balaban J connectivity index is 2.26. The number of nitrogens with two attached hydrogens (primary N) is 1. The summed E-state index contributed by atoms with van der Waals surface area (Å²) in [6.07, 6.45) is 3.29. The van der Waals surface area contributed by atoms with E-state index in [9.17, 15) is 4.79 Å². The van der Waals surface area contributed by atoms with Gasteiger partial charge in [0.2, 0.25) is 5.91 Å². The van der Waals surface area contributed by atoms with E-state index in [0.717, 1.165) is 0 Å². The number of nitrogens with one attached hydrogen (secondary N) is 1. The van der Waals surface area contributed by atoms with Gasteiger partial charge < -0.3 is 21.3 Å². The van der Waals surface area contributed by atoms with E-state index in [1.807, 2.05) is 0 Å². The number of aliphatic hydroxyl groups excluding tert-OH is 2. The van der Waals surface area contributed by atoms with Crippen molar-refractivity contribution in [1.82, 2.24) is 5.32 Å². The Kier molecular flexibility index (Phi) is 4.06. The second-order valence-corrected chi connectivity index (χ2v) is 3.47. The number of amides is 1. The Morgan fingerprint density at radius 3 is 2.86 bits per heavy atom. The van der Waals surface area contributed by atoms with Gasteiger partial charge in [-0.25, -0.2) is 0 Å². The quantitative estimate of drug-likeness (QED) is 0.409. The van der Waals surface area contributed by atoms with Crippen molar-refractivity contribution in [2.24, 2.45) is 11.7 Å². The molecule has 0 spiro atoms. The van der Waals surface area contributed by atoms with Crippen LogP contribution in [0.3, 0.4) is 0 Å². The van der Waals surface area contributed by atoms with Gasteiger partial charge in [-0.15, -0.1) is 0 Å². The fourth-order valence-electron chi connectivity index (χ4n) is 1.34. The molecule has 0 radical (unpaired) electrons. The second kappa shape index (κ2) is 5.09. The Bertz CT molecular complexity index is 230. The summed E-state index contributed by atoms with van der Waals surface area (Å²) in [6.45, 7) is -0.269. The van der Waals surface area contributed by atoms with Crippen molar-refractivity contribution < 1.29 is 15.0 Å². The largest absolute Gasteiger partial charge is 0.394 e. The van der Waals surface area contributed by atoms with Crippen LogP contribution in [0.1, 0.15) is 6.42 Å². The van der Waals surface area contributed by atoms with Gasteiger partial charge in [-0.05, 0) is 6.42 Å². The molecule has 0 aliphatic heterocycles. The lowest BCUT2D eigenvalue weighted by Crippen LogP contribution is -2.37. The van der Waals surface area contributed by atoms with E-state index < -0.39 is 6.10 Å². The first-order valence-corrected chi connectivity index (χ1v) is 4.64. The van der Waals surface area contributed by atoms with E-state index in [2.05, 4.69) is 5.32 Å². The number of hydrogen-bond acceptors (Lipinski definition) is 4. The summed E-state index contributed by atoms with van der Waals surface area (Å²) >= 11 is 0. The third-order valence-corrected chi connectivity index (χ3v) is 2.18. The molecule has 14 heavy (non-hydrogen) atoms. The van der Waals surface area contributed by atoms with Crippen LogP contribution in [0.15, 0.2) is 12.2 Å². The summed E-state index contributed by atoms with van der Waals surface area (Å²) in [7, 11) is 0. The molecule has 5 N–H and O–H groups in total. The Labute approximate surface area is 82.6 Å². The maximum absolute atomic E-state index is 11.4. The standard InChI is InChI=1S/C9H16N2O3/c10-7-2-1-6(3-7)9(14)11-4-8(13)5-12/h1-2,6-8,12-13H,3-5,10H2,(H,11,14). The minimum absolute atomic E-state index is 0.0477. The van der Waals surface area contributed by atoms with Crippen LogP contribution in [0, 0.1) is 5.92 Å². The van der Waals surface area contributed by atoms with E-state index in [4.69, 9.17) is 15.9 Å². The molecule has 0 aromatic carbocycles. The summed E-state index contributed by atoms with van der Waals surface area (Å²) in [5, 5.41) is 20.1. The maximum atomic E-state index is 11.4. The number of hydrogen-bond donors (Lipinski definition) is 4.